The molecule has 0 N–H and O–H groups in total. The largest absolute Gasteiger partial charge is 0.497 e. The molecule has 2 aromatic carbocycles. The third-order valence-corrected chi connectivity index (χ3v) is 6.91. The highest BCUT2D eigenvalue weighted by Gasteiger charge is 2.43. The van der Waals surface area contributed by atoms with Crippen LogP contribution in [0.5, 0.6) is 17.2 Å². The van der Waals surface area contributed by atoms with Crippen LogP contribution in [0.1, 0.15) is 29.6 Å². The minimum Gasteiger partial charge on any atom is -0.497 e. The average Bonchev–Trinajstić information content (AvgIpc) is 3.16. The quantitative estimate of drug-likeness (QED) is 0.641. The number of ketones is 1. The lowest BCUT2D eigenvalue weighted by atomic mass is 9.82. The zero-order valence-corrected chi connectivity index (χ0v) is 17.3. The Balaban J connectivity index is 1.35. The molecule has 2 aliphatic heterocycles. The number of methoxy groups -OCH3 is 2. The number of ether oxygens (including phenoxy) is 3. The highest BCUT2D eigenvalue weighted by molar-refractivity contribution is 7.22. The second-order valence-corrected chi connectivity index (χ2v) is 8.57. The van der Waals surface area contributed by atoms with Gasteiger partial charge in [0.2, 0.25) is 0 Å². The predicted molar refractivity (Wildman–Crippen MR) is 113 cm³/mol. The molecule has 0 radical (unpaired) electrons. The maximum Gasteiger partial charge on any atom is 0.186 e. The Bertz CT molecular complexity index is 1090. The number of thiazole rings is 1. The molecule has 1 saturated heterocycles. The Morgan fingerprint density at radius 3 is 2.55 bits per heavy atom. The molecule has 1 aromatic heterocycles. The van der Waals surface area contributed by atoms with Gasteiger partial charge in [-0.15, -0.1) is 0 Å². The highest BCUT2D eigenvalue weighted by atomic mass is 32.1. The molecule has 3 aromatic rings. The number of benzene rings is 2. The topological polar surface area (TPSA) is 60.9 Å². The van der Waals surface area contributed by atoms with Gasteiger partial charge in [-0.3, -0.25) is 4.79 Å². The smallest absolute Gasteiger partial charge is 0.186 e. The van der Waals surface area contributed by atoms with Crippen molar-refractivity contribution in [3.8, 4) is 17.2 Å². The molecule has 7 heteroatoms. The van der Waals surface area contributed by atoms with Crippen molar-refractivity contribution in [3.05, 3.63) is 42.0 Å². The van der Waals surface area contributed by atoms with Crippen molar-refractivity contribution in [1.82, 2.24) is 4.98 Å². The molecule has 2 aliphatic rings. The second kappa shape index (κ2) is 6.91. The molecule has 6 nitrogen and oxygen atoms in total. The number of carbonyl (C=O) groups is 1. The van der Waals surface area contributed by atoms with Gasteiger partial charge in [-0.1, -0.05) is 11.3 Å². The first-order valence-electron chi connectivity index (χ1n) is 9.69. The van der Waals surface area contributed by atoms with Crippen LogP contribution in [0, 0.1) is 0 Å². The van der Waals surface area contributed by atoms with E-state index < -0.39 is 5.60 Å². The standard InChI is InChI=1S/C22H22N2O4S/c1-26-14-3-5-16-18(25)13-22(28-19(16)11-14)7-9-24(10-8-22)21-23-17-6-4-15(27-2)12-20(17)29-21/h3-6,11-12H,7-10,13H2,1-2H3. The zero-order chi connectivity index (χ0) is 20.0. The lowest BCUT2D eigenvalue weighted by Crippen LogP contribution is -2.51. The molecule has 1 fully saturated rings. The number of fused-ring (bicyclic) bond motifs is 2. The number of hydrogen-bond donors (Lipinski definition) is 0. The van der Waals surface area contributed by atoms with Gasteiger partial charge in [-0.2, -0.15) is 0 Å². The van der Waals surface area contributed by atoms with Crippen LogP contribution < -0.4 is 19.1 Å². The Hall–Kier alpha value is -2.80. The summed E-state index contributed by atoms with van der Waals surface area (Å²) < 4.78 is 18.1. The molecule has 0 bridgehead atoms. The minimum atomic E-state index is -0.438. The van der Waals surface area contributed by atoms with E-state index >= 15 is 0 Å². The van der Waals surface area contributed by atoms with Gasteiger partial charge in [0.1, 0.15) is 22.8 Å². The first-order valence-corrected chi connectivity index (χ1v) is 10.5. The number of rotatable bonds is 3. The Morgan fingerprint density at radius 2 is 1.79 bits per heavy atom. The first kappa shape index (κ1) is 18.2. The van der Waals surface area contributed by atoms with E-state index in [1.165, 1.54) is 0 Å². The fraction of sp³-hybridized carbons (Fsp3) is 0.364. The molecule has 29 heavy (non-hydrogen) atoms. The van der Waals surface area contributed by atoms with Crippen LogP contribution in [0.15, 0.2) is 36.4 Å². The van der Waals surface area contributed by atoms with Crippen LogP contribution in [0.2, 0.25) is 0 Å². The van der Waals surface area contributed by atoms with Crippen molar-refractivity contribution in [1.29, 1.82) is 0 Å². The van der Waals surface area contributed by atoms with E-state index in [0.717, 1.165) is 47.0 Å². The van der Waals surface area contributed by atoms with E-state index in [-0.39, 0.29) is 5.78 Å². The normalized spacial score (nSPS) is 17.9. The molecule has 3 heterocycles. The van der Waals surface area contributed by atoms with Gasteiger partial charge in [0, 0.05) is 32.0 Å². The Labute approximate surface area is 173 Å². The van der Waals surface area contributed by atoms with Crippen molar-refractivity contribution in [2.24, 2.45) is 0 Å². The van der Waals surface area contributed by atoms with Gasteiger partial charge in [-0.25, -0.2) is 4.98 Å². The van der Waals surface area contributed by atoms with Crippen LogP contribution in [0.4, 0.5) is 5.13 Å². The molecule has 0 aliphatic carbocycles. The van der Waals surface area contributed by atoms with Gasteiger partial charge in [0.25, 0.3) is 0 Å². The Morgan fingerprint density at radius 1 is 1.07 bits per heavy atom. The summed E-state index contributed by atoms with van der Waals surface area (Å²) in [5, 5.41) is 1.01. The van der Waals surface area contributed by atoms with E-state index in [9.17, 15) is 4.79 Å². The number of hydrogen-bond acceptors (Lipinski definition) is 7. The molecular weight excluding hydrogens is 388 g/mol. The van der Waals surface area contributed by atoms with E-state index in [0.29, 0.717) is 23.5 Å². The first-order chi connectivity index (χ1) is 14.1. The third kappa shape index (κ3) is 3.19. The zero-order valence-electron chi connectivity index (χ0n) is 16.4. The maximum absolute atomic E-state index is 12.7. The molecule has 0 unspecified atom stereocenters. The summed E-state index contributed by atoms with van der Waals surface area (Å²) in [6.07, 6.45) is 2.00. The third-order valence-electron chi connectivity index (χ3n) is 5.83. The van der Waals surface area contributed by atoms with Crippen LogP contribution in [-0.2, 0) is 0 Å². The van der Waals surface area contributed by atoms with Gasteiger partial charge in [0.15, 0.2) is 10.9 Å². The number of piperidine rings is 1. The molecule has 0 amide bonds. The SMILES string of the molecule is COc1ccc2c(c1)OC1(CCN(c3nc4ccc(OC)cc4s3)CC1)CC2=O. The summed E-state index contributed by atoms with van der Waals surface area (Å²) >= 11 is 1.67. The predicted octanol–water partition coefficient (Wildman–Crippen LogP) is 4.32. The van der Waals surface area contributed by atoms with E-state index in [1.54, 1.807) is 31.6 Å². The number of nitrogens with zero attached hydrogens (tertiary/aromatic N) is 2. The Kier molecular flexibility index (Phi) is 4.35. The molecule has 0 saturated carbocycles. The van der Waals surface area contributed by atoms with Gasteiger partial charge in [0.05, 0.1) is 36.4 Å². The summed E-state index contributed by atoms with van der Waals surface area (Å²) in [7, 11) is 3.29. The molecular formula is C22H22N2O4S. The molecule has 150 valence electrons. The maximum atomic E-state index is 12.7. The van der Waals surface area contributed by atoms with E-state index in [1.807, 2.05) is 30.3 Å². The number of anilines is 1. The van der Waals surface area contributed by atoms with Crippen molar-refractivity contribution in [2.45, 2.75) is 24.9 Å². The summed E-state index contributed by atoms with van der Waals surface area (Å²) in [4.78, 5) is 19.8. The van der Waals surface area contributed by atoms with Crippen molar-refractivity contribution in [3.63, 3.8) is 0 Å². The van der Waals surface area contributed by atoms with E-state index in [2.05, 4.69) is 4.90 Å². The fourth-order valence-corrected chi connectivity index (χ4v) is 5.19. The summed E-state index contributed by atoms with van der Waals surface area (Å²) in [5.41, 5.74) is 1.20. The molecule has 5 rings (SSSR count). The van der Waals surface area contributed by atoms with Gasteiger partial charge < -0.3 is 19.1 Å². The summed E-state index contributed by atoms with van der Waals surface area (Å²) in [5.74, 6) is 2.33. The summed E-state index contributed by atoms with van der Waals surface area (Å²) in [6.45, 7) is 1.62. The van der Waals surface area contributed by atoms with Crippen molar-refractivity contribution in [2.75, 3.05) is 32.2 Å². The lowest BCUT2D eigenvalue weighted by Gasteiger charge is -2.43. The molecule has 1 spiro atoms. The van der Waals surface area contributed by atoms with Crippen LogP contribution in [0.25, 0.3) is 10.2 Å². The number of carbonyl (C=O) groups excluding carboxylic acids is 1. The monoisotopic (exact) mass is 410 g/mol. The van der Waals surface area contributed by atoms with E-state index in [4.69, 9.17) is 19.2 Å². The number of Topliss-reactive ketones (excluding diaryl/α,β-unsaturated/α-hetero) is 1. The van der Waals surface area contributed by atoms with Gasteiger partial charge >= 0.3 is 0 Å². The minimum absolute atomic E-state index is 0.148. The second-order valence-electron chi connectivity index (χ2n) is 7.56. The van der Waals surface area contributed by atoms with Crippen molar-refractivity contribution >= 4 is 32.5 Å². The van der Waals surface area contributed by atoms with Crippen LogP contribution in [-0.4, -0.2) is 43.7 Å². The fourth-order valence-electron chi connectivity index (χ4n) is 4.14. The number of aromatic nitrogens is 1. The van der Waals surface area contributed by atoms with Crippen LogP contribution >= 0.6 is 11.3 Å². The molecule has 0 atom stereocenters. The lowest BCUT2D eigenvalue weighted by molar-refractivity contribution is 0.0230. The van der Waals surface area contributed by atoms with Gasteiger partial charge in [-0.05, 0) is 30.3 Å². The van der Waals surface area contributed by atoms with Crippen LogP contribution in [0.3, 0.4) is 0 Å². The summed E-state index contributed by atoms with van der Waals surface area (Å²) in [6, 6.07) is 11.4. The highest BCUT2D eigenvalue weighted by Crippen LogP contribution is 2.42. The average molecular weight is 410 g/mol. The van der Waals surface area contributed by atoms with Crippen molar-refractivity contribution < 1.29 is 19.0 Å².